The van der Waals surface area contributed by atoms with Crippen LogP contribution in [0.4, 0.5) is 5.69 Å². The van der Waals surface area contributed by atoms with E-state index >= 15 is 0 Å². The van der Waals surface area contributed by atoms with Crippen LogP contribution in [-0.2, 0) is 9.53 Å². The van der Waals surface area contributed by atoms with Gasteiger partial charge in [0.05, 0.1) is 6.61 Å². The molecule has 0 aliphatic rings. The summed E-state index contributed by atoms with van der Waals surface area (Å²) in [6.45, 7) is 9.04. The summed E-state index contributed by atoms with van der Waals surface area (Å²) >= 11 is 3.31. The van der Waals surface area contributed by atoms with E-state index in [4.69, 9.17) is 9.47 Å². The van der Waals surface area contributed by atoms with Crippen molar-refractivity contribution in [2.24, 2.45) is 5.92 Å². The molecule has 5 heteroatoms. The Morgan fingerprint density at radius 3 is 2.45 bits per heavy atom. The van der Waals surface area contributed by atoms with Crippen LogP contribution in [0, 0.1) is 5.92 Å². The molecule has 1 aromatic carbocycles. The molecule has 4 nitrogen and oxygen atoms in total. The van der Waals surface area contributed by atoms with Gasteiger partial charge in [-0.3, -0.25) is 4.79 Å². The maximum Gasteiger partial charge on any atom is 0.256 e. The van der Waals surface area contributed by atoms with E-state index < -0.39 is 5.60 Å². The minimum absolute atomic E-state index is 0.114. The smallest absolute Gasteiger partial charge is 0.256 e. The first-order chi connectivity index (χ1) is 10.4. The number of benzene rings is 1. The predicted octanol–water partition coefficient (Wildman–Crippen LogP) is 4.24. The maximum atomic E-state index is 12.5. The molecule has 0 aliphatic heterocycles. The molecule has 0 aromatic heterocycles. The van der Waals surface area contributed by atoms with Crippen LogP contribution in [0.3, 0.4) is 0 Å². The average Bonchev–Trinajstić information content (AvgIpc) is 2.46. The Balaban J connectivity index is 2.72. The summed E-state index contributed by atoms with van der Waals surface area (Å²) in [6, 6.07) is 7.36. The quantitative estimate of drug-likeness (QED) is 0.660. The van der Waals surface area contributed by atoms with Gasteiger partial charge in [-0.1, -0.05) is 29.8 Å². The number of rotatable bonds is 9. The topological polar surface area (TPSA) is 47.6 Å². The van der Waals surface area contributed by atoms with Crippen molar-refractivity contribution in [3.8, 4) is 5.75 Å². The highest BCUT2D eigenvalue weighted by Gasteiger charge is 2.34. The fourth-order valence-corrected chi connectivity index (χ4v) is 2.53. The Kier molecular flexibility index (Phi) is 7.90. The molecule has 1 amide bonds. The molecule has 0 bridgehead atoms. The SMILES string of the molecule is CCO[C@@](C)(CC(C)C)C(=O)Nc1ccc(OCCBr)cc1. The monoisotopic (exact) mass is 371 g/mol. The molecule has 0 saturated heterocycles. The number of ether oxygens (including phenoxy) is 2. The maximum absolute atomic E-state index is 12.5. The highest BCUT2D eigenvalue weighted by molar-refractivity contribution is 9.09. The van der Waals surface area contributed by atoms with Gasteiger partial charge in [0.1, 0.15) is 11.4 Å². The zero-order valence-electron chi connectivity index (χ0n) is 13.8. The molecule has 0 fully saturated rings. The largest absolute Gasteiger partial charge is 0.493 e. The average molecular weight is 372 g/mol. The third kappa shape index (κ3) is 5.97. The van der Waals surface area contributed by atoms with Gasteiger partial charge in [-0.2, -0.15) is 0 Å². The Bertz CT molecular complexity index is 461. The van der Waals surface area contributed by atoms with Gasteiger partial charge >= 0.3 is 0 Å². The van der Waals surface area contributed by atoms with Crippen LogP contribution in [0.25, 0.3) is 0 Å². The first-order valence-electron chi connectivity index (χ1n) is 7.65. The van der Waals surface area contributed by atoms with E-state index in [1.165, 1.54) is 0 Å². The summed E-state index contributed by atoms with van der Waals surface area (Å²) in [5.41, 5.74) is -0.0699. The number of anilines is 1. The van der Waals surface area contributed by atoms with Crippen LogP contribution < -0.4 is 10.1 Å². The molecule has 0 unspecified atom stereocenters. The zero-order chi connectivity index (χ0) is 16.6. The fraction of sp³-hybridized carbons (Fsp3) is 0.588. The van der Waals surface area contributed by atoms with E-state index in [1.54, 1.807) is 0 Å². The molecule has 0 spiro atoms. The van der Waals surface area contributed by atoms with Gasteiger partial charge in [0.15, 0.2) is 0 Å². The van der Waals surface area contributed by atoms with Crippen LogP contribution in [0.1, 0.15) is 34.1 Å². The van der Waals surface area contributed by atoms with Gasteiger partial charge in [-0.05, 0) is 50.5 Å². The Morgan fingerprint density at radius 2 is 1.95 bits per heavy atom. The number of carbonyl (C=O) groups excluding carboxylic acids is 1. The van der Waals surface area contributed by atoms with Crippen molar-refractivity contribution < 1.29 is 14.3 Å². The molecule has 0 saturated carbocycles. The molecule has 22 heavy (non-hydrogen) atoms. The number of halogens is 1. The summed E-state index contributed by atoms with van der Waals surface area (Å²) in [7, 11) is 0. The van der Waals surface area contributed by atoms with Crippen molar-refractivity contribution in [3.63, 3.8) is 0 Å². The van der Waals surface area contributed by atoms with E-state index in [0.29, 0.717) is 25.6 Å². The Hall–Kier alpha value is -1.07. The van der Waals surface area contributed by atoms with Gasteiger partial charge in [0.25, 0.3) is 5.91 Å². The van der Waals surface area contributed by atoms with E-state index in [2.05, 4.69) is 35.1 Å². The highest BCUT2D eigenvalue weighted by Crippen LogP contribution is 2.24. The molecule has 0 radical (unpaired) electrons. The van der Waals surface area contributed by atoms with E-state index in [0.717, 1.165) is 16.8 Å². The number of amides is 1. The summed E-state index contributed by atoms with van der Waals surface area (Å²) in [4.78, 5) is 12.5. The molecule has 1 aromatic rings. The molecular weight excluding hydrogens is 346 g/mol. The van der Waals surface area contributed by atoms with Crippen LogP contribution in [0.15, 0.2) is 24.3 Å². The lowest BCUT2D eigenvalue weighted by Gasteiger charge is -2.29. The van der Waals surface area contributed by atoms with Crippen molar-refractivity contribution in [2.75, 3.05) is 23.9 Å². The van der Waals surface area contributed by atoms with Crippen molar-refractivity contribution in [3.05, 3.63) is 24.3 Å². The molecular formula is C17H26BrNO3. The first kappa shape index (κ1) is 19.0. The van der Waals surface area contributed by atoms with E-state index in [1.807, 2.05) is 38.1 Å². The number of hydrogen-bond donors (Lipinski definition) is 1. The van der Waals surface area contributed by atoms with Gasteiger partial charge in [-0.15, -0.1) is 0 Å². The highest BCUT2D eigenvalue weighted by atomic mass is 79.9. The minimum atomic E-state index is -0.811. The molecule has 0 aliphatic carbocycles. The summed E-state index contributed by atoms with van der Waals surface area (Å²) in [5, 5.41) is 3.71. The van der Waals surface area contributed by atoms with Gasteiger partial charge in [0, 0.05) is 17.6 Å². The van der Waals surface area contributed by atoms with Gasteiger partial charge < -0.3 is 14.8 Å². The number of hydrogen-bond acceptors (Lipinski definition) is 3. The zero-order valence-corrected chi connectivity index (χ0v) is 15.4. The second kappa shape index (κ2) is 9.16. The van der Waals surface area contributed by atoms with E-state index in [-0.39, 0.29) is 5.91 Å². The third-order valence-corrected chi connectivity index (χ3v) is 3.52. The van der Waals surface area contributed by atoms with Crippen molar-refractivity contribution in [1.29, 1.82) is 0 Å². The van der Waals surface area contributed by atoms with Crippen molar-refractivity contribution >= 4 is 27.5 Å². The van der Waals surface area contributed by atoms with Crippen LogP contribution in [0.2, 0.25) is 0 Å². The molecule has 124 valence electrons. The predicted molar refractivity (Wildman–Crippen MR) is 93.8 cm³/mol. The molecule has 1 atom stereocenters. The van der Waals surface area contributed by atoms with Crippen molar-refractivity contribution in [1.82, 2.24) is 0 Å². The number of nitrogens with one attached hydrogen (secondary N) is 1. The third-order valence-electron chi connectivity index (χ3n) is 3.20. The lowest BCUT2D eigenvalue weighted by atomic mass is 9.93. The Morgan fingerprint density at radius 1 is 1.32 bits per heavy atom. The first-order valence-corrected chi connectivity index (χ1v) is 8.77. The van der Waals surface area contributed by atoms with Crippen LogP contribution >= 0.6 is 15.9 Å². The van der Waals surface area contributed by atoms with Crippen LogP contribution in [-0.4, -0.2) is 30.1 Å². The summed E-state index contributed by atoms with van der Waals surface area (Å²) in [5.74, 6) is 1.05. The van der Waals surface area contributed by atoms with Gasteiger partial charge in [0.2, 0.25) is 0 Å². The second-order valence-corrected chi connectivity index (χ2v) is 6.57. The molecule has 1 N–H and O–H groups in total. The van der Waals surface area contributed by atoms with Gasteiger partial charge in [-0.25, -0.2) is 0 Å². The summed E-state index contributed by atoms with van der Waals surface area (Å²) < 4.78 is 11.2. The summed E-state index contributed by atoms with van der Waals surface area (Å²) in [6.07, 6.45) is 0.680. The lowest BCUT2D eigenvalue weighted by molar-refractivity contribution is -0.140. The number of carbonyl (C=O) groups is 1. The minimum Gasteiger partial charge on any atom is -0.493 e. The lowest BCUT2D eigenvalue weighted by Crippen LogP contribution is -2.43. The Labute approximate surface area is 141 Å². The normalized spacial score (nSPS) is 13.7. The molecule has 1 rings (SSSR count). The van der Waals surface area contributed by atoms with E-state index in [9.17, 15) is 4.79 Å². The number of alkyl halides is 1. The molecule has 0 heterocycles. The second-order valence-electron chi connectivity index (χ2n) is 5.78. The fourth-order valence-electron chi connectivity index (χ4n) is 2.37. The van der Waals surface area contributed by atoms with Crippen molar-refractivity contribution in [2.45, 2.75) is 39.7 Å². The van der Waals surface area contributed by atoms with Crippen LogP contribution in [0.5, 0.6) is 5.75 Å². The standard InChI is InChI=1S/C17H26BrNO3/c1-5-22-17(4,12-13(2)3)16(20)19-14-6-8-15(9-7-14)21-11-10-18/h6-9,13H,5,10-12H2,1-4H3,(H,19,20)/t17-/m0/s1.